The van der Waals surface area contributed by atoms with Gasteiger partial charge in [-0.05, 0) is 93.7 Å². The second-order valence-electron chi connectivity index (χ2n) is 7.49. The zero-order valence-corrected chi connectivity index (χ0v) is 20.0. The number of aryl methyl sites for hydroxylation is 2. The van der Waals surface area contributed by atoms with Crippen LogP contribution in [0.2, 0.25) is 0 Å². The monoisotopic (exact) mass is 521 g/mol. The first-order valence-electron chi connectivity index (χ1n) is 10.1. The maximum atomic E-state index is 6.22. The lowest BCUT2D eigenvalue weighted by Crippen LogP contribution is -2.01. The molecule has 0 saturated heterocycles. The van der Waals surface area contributed by atoms with Gasteiger partial charge in [0.25, 0.3) is 0 Å². The van der Waals surface area contributed by atoms with E-state index in [2.05, 4.69) is 102 Å². The van der Waals surface area contributed by atoms with Crippen LogP contribution in [0.4, 0.5) is 5.69 Å². The molecule has 4 aromatic carbocycles. The molecule has 31 heavy (non-hydrogen) atoms. The Balaban J connectivity index is 1.57. The highest BCUT2D eigenvalue weighted by molar-refractivity contribution is 14.1. The Kier molecular flexibility index (Phi) is 6.56. The first kappa shape index (κ1) is 21.4. The van der Waals surface area contributed by atoms with Crippen LogP contribution in [-0.4, -0.2) is 13.3 Å². The van der Waals surface area contributed by atoms with Crippen molar-refractivity contribution in [2.24, 2.45) is 4.99 Å². The normalized spacial score (nSPS) is 11.2. The molecule has 0 unspecified atom stereocenters. The largest absolute Gasteiger partial charge is 0.493 e. The van der Waals surface area contributed by atoms with Gasteiger partial charge in [0.1, 0.15) is 6.61 Å². The fourth-order valence-electron chi connectivity index (χ4n) is 3.48. The molecule has 4 aromatic rings. The highest BCUT2D eigenvalue weighted by Gasteiger charge is 2.12. The first-order valence-corrected chi connectivity index (χ1v) is 11.2. The van der Waals surface area contributed by atoms with Crippen LogP contribution in [0, 0.1) is 17.4 Å². The van der Waals surface area contributed by atoms with Gasteiger partial charge < -0.3 is 9.47 Å². The Morgan fingerprint density at radius 3 is 2.52 bits per heavy atom. The number of hydrogen-bond donors (Lipinski definition) is 0. The average Bonchev–Trinajstić information content (AvgIpc) is 2.78. The van der Waals surface area contributed by atoms with Gasteiger partial charge in [0.15, 0.2) is 11.5 Å². The summed E-state index contributed by atoms with van der Waals surface area (Å²) in [5, 5.41) is 2.42. The summed E-state index contributed by atoms with van der Waals surface area (Å²) in [6.07, 6.45) is 1.86. The second-order valence-corrected chi connectivity index (χ2v) is 8.65. The third kappa shape index (κ3) is 4.90. The summed E-state index contributed by atoms with van der Waals surface area (Å²) < 4.78 is 12.8. The van der Waals surface area contributed by atoms with Crippen molar-refractivity contribution in [3.05, 3.63) is 98.6 Å². The predicted molar refractivity (Wildman–Crippen MR) is 137 cm³/mol. The molecule has 0 bridgehead atoms. The second kappa shape index (κ2) is 9.52. The van der Waals surface area contributed by atoms with Crippen LogP contribution in [0.25, 0.3) is 10.8 Å². The molecule has 0 saturated carbocycles. The maximum absolute atomic E-state index is 6.22. The molecule has 0 aliphatic carbocycles. The number of nitrogens with zero attached hydrogens (tertiary/aromatic N) is 1. The Morgan fingerprint density at radius 1 is 0.903 bits per heavy atom. The highest BCUT2D eigenvalue weighted by Crippen LogP contribution is 2.35. The van der Waals surface area contributed by atoms with Gasteiger partial charge >= 0.3 is 0 Å². The van der Waals surface area contributed by atoms with Crippen LogP contribution in [0.15, 0.2) is 77.8 Å². The molecular formula is C27H24INO2. The van der Waals surface area contributed by atoms with Crippen LogP contribution in [-0.2, 0) is 6.61 Å². The summed E-state index contributed by atoms with van der Waals surface area (Å²) in [5.41, 5.74) is 5.56. The van der Waals surface area contributed by atoms with E-state index in [1.165, 1.54) is 21.9 Å². The van der Waals surface area contributed by atoms with Gasteiger partial charge in [0.2, 0.25) is 0 Å². The molecule has 0 N–H and O–H groups in total. The zero-order chi connectivity index (χ0) is 21.8. The van der Waals surface area contributed by atoms with Gasteiger partial charge in [0, 0.05) is 6.21 Å². The summed E-state index contributed by atoms with van der Waals surface area (Å²) in [7, 11) is 1.67. The minimum absolute atomic E-state index is 0.476. The lowest BCUT2D eigenvalue weighted by molar-refractivity contribution is 0.283. The van der Waals surface area contributed by atoms with Crippen molar-refractivity contribution in [2.75, 3.05) is 7.11 Å². The smallest absolute Gasteiger partial charge is 0.174 e. The third-order valence-electron chi connectivity index (χ3n) is 5.36. The van der Waals surface area contributed by atoms with E-state index in [1.807, 2.05) is 18.3 Å². The maximum Gasteiger partial charge on any atom is 0.174 e. The standard InChI is InChI=1S/C27H24INO2/c1-18-11-12-23(13-19(18)2)29-16-20-14-25(28)27(26(15-20)30-3)31-17-22-9-6-8-21-7-4-5-10-24(21)22/h4-16H,17H2,1-3H3. The van der Waals surface area contributed by atoms with E-state index in [1.54, 1.807) is 7.11 Å². The first-order chi connectivity index (χ1) is 15.0. The molecule has 0 aliphatic rings. The van der Waals surface area contributed by atoms with Crippen LogP contribution in [0.5, 0.6) is 11.5 Å². The molecular weight excluding hydrogens is 497 g/mol. The number of methoxy groups -OCH3 is 1. The molecule has 4 rings (SSSR count). The van der Waals surface area contributed by atoms with Gasteiger partial charge in [0.05, 0.1) is 16.4 Å². The number of halogens is 1. The number of benzene rings is 4. The van der Waals surface area contributed by atoms with Crippen LogP contribution >= 0.6 is 22.6 Å². The number of ether oxygens (including phenoxy) is 2. The minimum atomic E-state index is 0.476. The van der Waals surface area contributed by atoms with Crippen molar-refractivity contribution in [3.63, 3.8) is 0 Å². The molecule has 0 aliphatic heterocycles. The zero-order valence-electron chi connectivity index (χ0n) is 17.9. The molecule has 3 nitrogen and oxygen atoms in total. The Hall–Kier alpha value is -2.86. The van der Waals surface area contributed by atoms with Crippen molar-refractivity contribution in [1.82, 2.24) is 0 Å². The van der Waals surface area contributed by atoms with Crippen LogP contribution in [0.1, 0.15) is 22.3 Å². The summed E-state index contributed by atoms with van der Waals surface area (Å²) in [4.78, 5) is 4.63. The van der Waals surface area contributed by atoms with Gasteiger partial charge in [-0.1, -0.05) is 48.5 Å². The minimum Gasteiger partial charge on any atom is -0.493 e. The van der Waals surface area contributed by atoms with Crippen molar-refractivity contribution in [2.45, 2.75) is 20.5 Å². The van der Waals surface area contributed by atoms with Crippen LogP contribution < -0.4 is 9.47 Å². The fourth-order valence-corrected chi connectivity index (χ4v) is 4.26. The van der Waals surface area contributed by atoms with Gasteiger partial charge in [-0.25, -0.2) is 0 Å². The molecule has 0 atom stereocenters. The molecule has 4 heteroatoms. The van der Waals surface area contributed by atoms with Gasteiger partial charge in [-0.3, -0.25) is 4.99 Å². The highest BCUT2D eigenvalue weighted by atomic mass is 127. The Morgan fingerprint density at radius 2 is 1.71 bits per heavy atom. The summed E-state index contributed by atoms with van der Waals surface area (Å²) in [6, 6.07) is 24.9. The summed E-state index contributed by atoms with van der Waals surface area (Å²) in [6.45, 7) is 4.68. The van der Waals surface area contributed by atoms with Gasteiger partial charge in [-0.15, -0.1) is 0 Å². The average molecular weight is 521 g/mol. The van der Waals surface area contributed by atoms with Gasteiger partial charge in [-0.2, -0.15) is 0 Å². The molecule has 156 valence electrons. The lowest BCUT2D eigenvalue weighted by Gasteiger charge is -2.14. The number of fused-ring (bicyclic) bond motifs is 1. The molecule has 0 aromatic heterocycles. The van der Waals surface area contributed by atoms with Crippen molar-refractivity contribution < 1.29 is 9.47 Å². The third-order valence-corrected chi connectivity index (χ3v) is 6.16. The molecule has 0 spiro atoms. The molecule has 0 amide bonds. The summed E-state index contributed by atoms with van der Waals surface area (Å²) >= 11 is 2.29. The number of hydrogen-bond acceptors (Lipinski definition) is 3. The van der Waals surface area contributed by atoms with E-state index in [-0.39, 0.29) is 0 Å². The summed E-state index contributed by atoms with van der Waals surface area (Å²) in [5.74, 6) is 1.45. The van der Waals surface area contributed by atoms with Crippen molar-refractivity contribution in [3.8, 4) is 11.5 Å². The predicted octanol–water partition coefficient (Wildman–Crippen LogP) is 7.40. The molecule has 0 heterocycles. The van der Waals surface area contributed by atoms with E-state index in [0.29, 0.717) is 12.4 Å². The fraction of sp³-hybridized carbons (Fsp3) is 0.148. The Bertz CT molecular complexity index is 1260. The molecule has 0 radical (unpaired) electrons. The van der Waals surface area contributed by atoms with E-state index in [9.17, 15) is 0 Å². The quantitative estimate of drug-likeness (QED) is 0.196. The van der Waals surface area contributed by atoms with Crippen molar-refractivity contribution >= 4 is 45.3 Å². The van der Waals surface area contributed by atoms with Crippen LogP contribution in [0.3, 0.4) is 0 Å². The van der Waals surface area contributed by atoms with E-state index < -0.39 is 0 Å². The van der Waals surface area contributed by atoms with E-state index >= 15 is 0 Å². The van der Waals surface area contributed by atoms with E-state index in [0.717, 1.165) is 26.1 Å². The number of rotatable bonds is 6. The topological polar surface area (TPSA) is 30.8 Å². The molecule has 0 fully saturated rings. The number of aliphatic imine (C=N–C) groups is 1. The lowest BCUT2D eigenvalue weighted by atomic mass is 10.1. The van der Waals surface area contributed by atoms with Crippen molar-refractivity contribution in [1.29, 1.82) is 0 Å². The van der Waals surface area contributed by atoms with E-state index in [4.69, 9.17) is 9.47 Å². The Labute approximate surface area is 196 Å². The SMILES string of the molecule is COc1cc(C=Nc2ccc(C)c(C)c2)cc(I)c1OCc1cccc2ccccc12.